The molecule has 26 heavy (non-hydrogen) atoms. The molecule has 0 heterocycles. The second kappa shape index (κ2) is 8.88. The van der Waals surface area contributed by atoms with E-state index in [9.17, 15) is 13.2 Å². The van der Waals surface area contributed by atoms with Crippen molar-refractivity contribution in [3.8, 4) is 11.5 Å². The smallest absolute Gasteiger partial charge is 0.241 e. The second-order valence-corrected chi connectivity index (χ2v) is 7.45. The highest BCUT2D eigenvalue weighted by Crippen LogP contribution is 2.29. The molecule has 0 spiro atoms. The Hall–Kier alpha value is -2.29. The Morgan fingerprint density at radius 3 is 2.46 bits per heavy atom. The molecule has 7 nitrogen and oxygen atoms in total. The van der Waals surface area contributed by atoms with Crippen LogP contribution < -0.4 is 19.5 Å². The first-order valence-corrected chi connectivity index (χ1v) is 9.44. The van der Waals surface area contributed by atoms with Crippen molar-refractivity contribution >= 4 is 27.5 Å². The number of carbonyl (C=O) groups excluding carboxylic acids is 1. The number of amides is 1. The Morgan fingerprint density at radius 2 is 1.81 bits per heavy atom. The maximum absolute atomic E-state index is 12.3. The average Bonchev–Trinajstić information content (AvgIpc) is 2.64. The van der Waals surface area contributed by atoms with E-state index in [0.717, 1.165) is 5.56 Å². The van der Waals surface area contributed by atoms with Gasteiger partial charge >= 0.3 is 0 Å². The lowest BCUT2D eigenvalue weighted by Crippen LogP contribution is -2.36. The Morgan fingerprint density at radius 1 is 1.08 bits per heavy atom. The molecular weight excluding hydrogens is 380 g/mol. The first-order valence-electron chi connectivity index (χ1n) is 7.58. The zero-order chi connectivity index (χ0) is 19.2. The van der Waals surface area contributed by atoms with Crippen LogP contribution in [0, 0.1) is 0 Å². The van der Waals surface area contributed by atoms with Crippen LogP contribution >= 0.6 is 11.6 Å². The van der Waals surface area contributed by atoms with E-state index < -0.39 is 22.5 Å². The maximum Gasteiger partial charge on any atom is 0.241 e. The molecule has 0 saturated heterocycles. The monoisotopic (exact) mass is 398 g/mol. The lowest BCUT2D eigenvalue weighted by molar-refractivity contribution is -0.120. The van der Waals surface area contributed by atoms with E-state index in [-0.39, 0.29) is 17.2 Å². The molecule has 0 aromatic heterocycles. The van der Waals surface area contributed by atoms with Crippen molar-refractivity contribution in [1.82, 2.24) is 10.0 Å². The standard InChI is InChI=1S/C17H19ClN2O5S/c1-24-15-7-6-14(9-16(15)25-2)26(22,23)20-11-17(21)19-10-12-4-3-5-13(18)8-12/h3-9,20H,10-11H2,1-2H3,(H,19,21). The van der Waals surface area contributed by atoms with Crippen molar-refractivity contribution in [2.75, 3.05) is 20.8 Å². The summed E-state index contributed by atoms with van der Waals surface area (Å²) < 4.78 is 37.0. The van der Waals surface area contributed by atoms with E-state index in [1.54, 1.807) is 24.3 Å². The summed E-state index contributed by atoms with van der Waals surface area (Å²) in [6, 6.07) is 11.2. The van der Waals surface area contributed by atoms with Crippen LogP contribution in [0.1, 0.15) is 5.56 Å². The topological polar surface area (TPSA) is 93.7 Å². The molecule has 140 valence electrons. The van der Waals surface area contributed by atoms with E-state index in [1.165, 1.54) is 32.4 Å². The largest absolute Gasteiger partial charge is 0.493 e. The highest BCUT2D eigenvalue weighted by Gasteiger charge is 2.18. The Bertz CT molecular complexity index is 886. The Balaban J connectivity index is 1.96. The van der Waals surface area contributed by atoms with Gasteiger partial charge in [-0.3, -0.25) is 4.79 Å². The number of sulfonamides is 1. The van der Waals surface area contributed by atoms with Crippen molar-refractivity contribution < 1.29 is 22.7 Å². The molecule has 0 saturated carbocycles. The third-order valence-corrected chi connectivity index (χ3v) is 5.10. The molecule has 0 aliphatic carbocycles. The molecule has 2 rings (SSSR count). The normalized spacial score (nSPS) is 11.0. The van der Waals surface area contributed by atoms with Gasteiger partial charge in [-0.05, 0) is 29.8 Å². The van der Waals surface area contributed by atoms with Gasteiger partial charge in [-0.1, -0.05) is 23.7 Å². The van der Waals surface area contributed by atoms with Crippen LogP contribution in [-0.2, 0) is 21.4 Å². The van der Waals surface area contributed by atoms with Gasteiger partial charge in [0.1, 0.15) is 0 Å². The van der Waals surface area contributed by atoms with Crippen LogP contribution in [-0.4, -0.2) is 35.1 Å². The average molecular weight is 399 g/mol. The minimum atomic E-state index is -3.87. The molecule has 0 aliphatic heterocycles. The van der Waals surface area contributed by atoms with Gasteiger partial charge < -0.3 is 14.8 Å². The van der Waals surface area contributed by atoms with Crippen molar-refractivity contribution in [3.05, 3.63) is 53.1 Å². The van der Waals surface area contributed by atoms with Crippen molar-refractivity contribution in [1.29, 1.82) is 0 Å². The number of methoxy groups -OCH3 is 2. The second-order valence-electron chi connectivity index (χ2n) is 5.25. The first-order chi connectivity index (χ1) is 12.4. The number of halogens is 1. The van der Waals surface area contributed by atoms with Gasteiger partial charge in [0.2, 0.25) is 15.9 Å². The van der Waals surface area contributed by atoms with Gasteiger partial charge in [0.25, 0.3) is 0 Å². The van der Waals surface area contributed by atoms with Gasteiger partial charge in [0.15, 0.2) is 11.5 Å². The fourth-order valence-corrected chi connectivity index (χ4v) is 3.35. The molecular formula is C17H19ClN2O5S. The summed E-state index contributed by atoms with van der Waals surface area (Å²) in [7, 11) is -1.01. The van der Waals surface area contributed by atoms with Crippen molar-refractivity contribution in [2.24, 2.45) is 0 Å². The maximum atomic E-state index is 12.3. The number of hydrogen-bond acceptors (Lipinski definition) is 5. The van der Waals surface area contributed by atoms with Crippen LogP contribution in [0.15, 0.2) is 47.4 Å². The summed E-state index contributed by atoms with van der Waals surface area (Å²) in [4.78, 5) is 11.9. The molecule has 2 aromatic rings. The molecule has 9 heteroatoms. The van der Waals surface area contributed by atoms with E-state index in [1.807, 2.05) is 0 Å². The van der Waals surface area contributed by atoms with Crippen LogP contribution in [0.2, 0.25) is 5.02 Å². The fraction of sp³-hybridized carbons (Fsp3) is 0.235. The lowest BCUT2D eigenvalue weighted by Gasteiger charge is -2.11. The Labute approximate surface area is 157 Å². The molecule has 2 N–H and O–H groups in total. The van der Waals surface area contributed by atoms with Gasteiger partial charge in [-0.25, -0.2) is 13.1 Å². The fourth-order valence-electron chi connectivity index (χ4n) is 2.14. The molecule has 0 aliphatic rings. The molecule has 0 radical (unpaired) electrons. The van der Waals surface area contributed by atoms with E-state index in [0.29, 0.717) is 10.8 Å². The highest BCUT2D eigenvalue weighted by molar-refractivity contribution is 7.89. The van der Waals surface area contributed by atoms with Crippen LogP contribution in [0.5, 0.6) is 11.5 Å². The summed E-state index contributed by atoms with van der Waals surface area (Å²) in [5, 5.41) is 3.18. The van der Waals surface area contributed by atoms with Crippen LogP contribution in [0.25, 0.3) is 0 Å². The number of rotatable bonds is 8. The molecule has 0 atom stereocenters. The molecule has 1 amide bonds. The molecule has 0 unspecified atom stereocenters. The number of carbonyl (C=O) groups is 1. The highest BCUT2D eigenvalue weighted by atomic mass is 35.5. The van der Waals surface area contributed by atoms with Gasteiger partial charge in [-0.15, -0.1) is 0 Å². The quantitative estimate of drug-likeness (QED) is 0.708. The summed E-state index contributed by atoms with van der Waals surface area (Å²) in [6.07, 6.45) is 0. The number of nitrogens with one attached hydrogen (secondary N) is 2. The summed E-state index contributed by atoms with van der Waals surface area (Å²) in [5.41, 5.74) is 0.814. The van der Waals surface area contributed by atoms with Crippen molar-refractivity contribution in [3.63, 3.8) is 0 Å². The molecule has 0 bridgehead atoms. The first kappa shape index (κ1) is 20.0. The lowest BCUT2D eigenvalue weighted by atomic mass is 10.2. The van der Waals surface area contributed by atoms with Crippen LogP contribution in [0.4, 0.5) is 0 Å². The zero-order valence-corrected chi connectivity index (χ0v) is 15.9. The predicted octanol–water partition coefficient (Wildman–Crippen LogP) is 1.95. The predicted molar refractivity (Wildman–Crippen MR) is 98.0 cm³/mol. The third kappa shape index (κ3) is 5.35. The SMILES string of the molecule is COc1ccc(S(=O)(=O)NCC(=O)NCc2cccc(Cl)c2)cc1OC. The summed E-state index contributed by atoms with van der Waals surface area (Å²) >= 11 is 5.87. The summed E-state index contributed by atoms with van der Waals surface area (Å²) in [5.74, 6) is 0.223. The number of ether oxygens (including phenoxy) is 2. The Kier molecular flexibility index (Phi) is 6.84. The van der Waals surface area contributed by atoms with E-state index >= 15 is 0 Å². The van der Waals surface area contributed by atoms with E-state index in [4.69, 9.17) is 21.1 Å². The number of hydrogen-bond donors (Lipinski definition) is 2. The molecule has 0 fully saturated rings. The molecule has 2 aromatic carbocycles. The van der Waals surface area contributed by atoms with Gasteiger partial charge in [0, 0.05) is 17.6 Å². The third-order valence-electron chi connectivity index (χ3n) is 3.47. The zero-order valence-electron chi connectivity index (χ0n) is 14.3. The van der Waals surface area contributed by atoms with Crippen LogP contribution in [0.3, 0.4) is 0 Å². The minimum Gasteiger partial charge on any atom is -0.493 e. The van der Waals surface area contributed by atoms with E-state index in [2.05, 4.69) is 10.0 Å². The summed E-state index contributed by atoms with van der Waals surface area (Å²) in [6.45, 7) is -0.144. The van der Waals surface area contributed by atoms with Gasteiger partial charge in [0.05, 0.1) is 25.7 Å². The number of benzene rings is 2. The minimum absolute atomic E-state index is 0.0298. The van der Waals surface area contributed by atoms with Crippen molar-refractivity contribution in [2.45, 2.75) is 11.4 Å². The van der Waals surface area contributed by atoms with Gasteiger partial charge in [-0.2, -0.15) is 0 Å².